The Balaban J connectivity index is 1.74. The molecular formula is C22H31N3O. The maximum Gasteiger partial charge on any atom is 0.116 e. The number of rotatable bonds is 3. The van der Waals surface area contributed by atoms with Crippen LogP contribution in [0.25, 0.3) is 10.9 Å². The van der Waals surface area contributed by atoms with E-state index in [9.17, 15) is 5.11 Å². The number of benzene rings is 1. The molecule has 1 saturated carbocycles. The Bertz CT molecular complexity index is 840. The molecule has 4 bridgehead atoms. The van der Waals surface area contributed by atoms with Crippen LogP contribution in [0.2, 0.25) is 0 Å². The maximum absolute atomic E-state index is 10.1. The van der Waals surface area contributed by atoms with E-state index in [2.05, 4.69) is 41.5 Å². The van der Waals surface area contributed by atoms with Crippen LogP contribution in [0.3, 0.4) is 0 Å². The summed E-state index contributed by atoms with van der Waals surface area (Å²) in [7, 11) is 4.31. The van der Waals surface area contributed by atoms with E-state index >= 15 is 0 Å². The highest BCUT2D eigenvalue weighted by Gasteiger charge is 2.49. The Labute approximate surface area is 156 Å². The summed E-state index contributed by atoms with van der Waals surface area (Å²) >= 11 is 0. The van der Waals surface area contributed by atoms with Crippen molar-refractivity contribution in [1.82, 2.24) is 14.4 Å². The number of hydrogen-bond acceptors (Lipinski definition) is 3. The van der Waals surface area contributed by atoms with Gasteiger partial charge in [-0.15, -0.1) is 0 Å². The monoisotopic (exact) mass is 353 g/mol. The first-order valence-electron chi connectivity index (χ1n) is 10.3. The molecule has 0 radical (unpaired) electrons. The van der Waals surface area contributed by atoms with E-state index in [0.717, 1.165) is 24.9 Å². The highest BCUT2D eigenvalue weighted by atomic mass is 16.3. The molecule has 1 aliphatic carbocycles. The zero-order valence-electron chi connectivity index (χ0n) is 16.3. The second-order valence-corrected chi connectivity index (χ2v) is 9.06. The minimum absolute atomic E-state index is 0.391. The number of piperidine rings is 2. The first-order chi connectivity index (χ1) is 12.6. The van der Waals surface area contributed by atoms with E-state index < -0.39 is 0 Å². The SMILES string of the molecule is CC[C@H]1C[C@@H]2C[C@H]3c4c(c5cc(O)ccc5n4CN(C)C)CCN(C2)[C@@H]13. The second-order valence-electron chi connectivity index (χ2n) is 9.06. The number of aromatic hydroxyl groups is 1. The van der Waals surface area contributed by atoms with Crippen LogP contribution in [0.4, 0.5) is 0 Å². The molecule has 3 fully saturated rings. The van der Waals surface area contributed by atoms with Gasteiger partial charge in [0.25, 0.3) is 0 Å². The van der Waals surface area contributed by atoms with Crippen molar-refractivity contribution in [1.29, 1.82) is 0 Å². The van der Waals surface area contributed by atoms with Gasteiger partial charge in [0.1, 0.15) is 5.75 Å². The van der Waals surface area contributed by atoms with Crippen molar-refractivity contribution in [2.24, 2.45) is 11.8 Å². The molecule has 1 aromatic carbocycles. The molecule has 4 heterocycles. The van der Waals surface area contributed by atoms with Crippen LogP contribution in [-0.4, -0.2) is 52.7 Å². The molecule has 6 rings (SSSR count). The Kier molecular flexibility index (Phi) is 3.84. The molecule has 2 saturated heterocycles. The van der Waals surface area contributed by atoms with Crippen molar-refractivity contribution in [3.05, 3.63) is 29.5 Å². The fourth-order valence-electron chi connectivity index (χ4n) is 6.38. The molecule has 26 heavy (non-hydrogen) atoms. The van der Waals surface area contributed by atoms with Gasteiger partial charge in [-0.3, -0.25) is 9.80 Å². The maximum atomic E-state index is 10.1. The zero-order chi connectivity index (χ0) is 18.0. The summed E-state index contributed by atoms with van der Waals surface area (Å²) in [6.07, 6.45) is 5.20. The summed E-state index contributed by atoms with van der Waals surface area (Å²) in [5.41, 5.74) is 4.38. The summed E-state index contributed by atoms with van der Waals surface area (Å²) in [4.78, 5) is 5.08. The molecule has 3 aliphatic heterocycles. The molecule has 2 aromatic rings. The van der Waals surface area contributed by atoms with Gasteiger partial charge in [-0.1, -0.05) is 13.3 Å². The van der Waals surface area contributed by atoms with Gasteiger partial charge < -0.3 is 9.67 Å². The van der Waals surface area contributed by atoms with Crippen LogP contribution in [0.1, 0.15) is 43.4 Å². The lowest BCUT2D eigenvalue weighted by atomic mass is 9.65. The van der Waals surface area contributed by atoms with Crippen LogP contribution in [0.15, 0.2) is 18.2 Å². The first kappa shape index (κ1) is 16.6. The van der Waals surface area contributed by atoms with Crippen LogP contribution >= 0.6 is 0 Å². The molecule has 4 heteroatoms. The fourth-order valence-corrected chi connectivity index (χ4v) is 6.38. The largest absolute Gasteiger partial charge is 0.508 e. The van der Waals surface area contributed by atoms with Gasteiger partial charge in [0.05, 0.1) is 6.67 Å². The zero-order valence-corrected chi connectivity index (χ0v) is 16.3. The molecule has 0 amide bonds. The van der Waals surface area contributed by atoms with Gasteiger partial charge in [-0.25, -0.2) is 0 Å². The van der Waals surface area contributed by atoms with Crippen molar-refractivity contribution < 1.29 is 5.11 Å². The van der Waals surface area contributed by atoms with Crippen LogP contribution < -0.4 is 0 Å². The lowest BCUT2D eigenvalue weighted by molar-refractivity contribution is -0.0145. The standard InChI is InChI=1S/C22H31N3O/c1-4-15-9-14-10-19-21(15)24(12-14)8-7-17-18-11-16(26)5-6-20(18)25(22(17)19)13-23(2)3/h5-6,11,14-15,19,21,26H,4,7-10,12-13H2,1-3H3/t14-,15+,19-,21+/m1/s1. The van der Waals surface area contributed by atoms with Gasteiger partial charge in [-0.2, -0.15) is 0 Å². The predicted molar refractivity (Wildman–Crippen MR) is 106 cm³/mol. The van der Waals surface area contributed by atoms with Crippen molar-refractivity contribution in [2.45, 2.75) is 51.2 Å². The average Bonchev–Trinajstić information content (AvgIpc) is 2.84. The molecule has 0 spiro atoms. The number of aromatic nitrogens is 1. The molecular weight excluding hydrogens is 322 g/mol. The molecule has 140 valence electrons. The Morgan fingerprint density at radius 1 is 1.23 bits per heavy atom. The molecule has 1 unspecified atom stereocenters. The van der Waals surface area contributed by atoms with E-state index in [4.69, 9.17) is 0 Å². The molecule has 4 aliphatic rings. The van der Waals surface area contributed by atoms with E-state index in [1.54, 1.807) is 5.69 Å². The normalized spacial score (nSPS) is 32.8. The highest BCUT2D eigenvalue weighted by Crippen LogP contribution is 2.52. The summed E-state index contributed by atoms with van der Waals surface area (Å²) in [5.74, 6) is 2.75. The minimum atomic E-state index is 0.391. The van der Waals surface area contributed by atoms with Crippen LogP contribution in [0, 0.1) is 11.8 Å². The van der Waals surface area contributed by atoms with E-state index in [0.29, 0.717) is 17.7 Å². The third-order valence-electron chi connectivity index (χ3n) is 7.18. The molecule has 5 atom stereocenters. The smallest absolute Gasteiger partial charge is 0.116 e. The third kappa shape index (κ3) is 2.35. The average molecular weight is 354 g/mol. The van der Waals surface area contributed by atoms with E-state index in [1.165, 1.54) is 48.8 Å². The molecule has 1 aromatic heterocycles. The van der Waals surface area contributed by atoms with Gasteiger partial charge in [0.15, 0.2) is 0 Å². The van der Waals surface area contributed by atoms with Crippen molar-refractivity contribution >= 4 is 10.9 Å². The summed E-state index contributed by atoms with van der Waals surface area (Å²) in [6, 6.07) is 6.69. The lowest BCUT2D eigenvalue weighted by Crippen LogP contribution is -2.56. The fraction of sp³-hybridized carbons (Fsp3) is 0.636. The predicted octanol–water partition coefficient (Wildman–Crippen LogP) is 3.63. The minimum Gasteiger partial charge on any atom is -0.508 e. The van der Waals surface area contributed by atoms with Crippen LogP contribution in [-0.2, 0) is 13.1 Å². The van der Waals surface area contributed by atoms with Crippen molar-refractivity contribution in [2.75, 3.05) is 27.2 Å². The summed E-state index contributed by atoms with van der Waals surface area (Å²) < 4.78 is 2.56. The number of phenols is 1. The lowest BCUT2D eigenvalue weighted by Gasteiger charge is -2.53. The number of phenolic OH excluding ortho intramolecular Hbond substituents is 1. The van der Waals surface area contributed by atoms with Gasteiger partial charge in [0.2, 0.25) is 0 Å². The number of hydrogen-bond donors (Lipinski definition) is 1. The van der Waals surface area contributed by atoms with Gasteiger partial charge in [-0.05, 0) is 69.0 Å². The molecule has 1 N–H and O–H groups in total. The van der Waals surface area contributed by atoms with Gasteiger partial charge in [0, 0.05) is 41.6 Å². The van der Waals surface area contributed by atoms with E-state index in [-0.39, 0.29) is 0 Å². The Morgan fingerprint density at radius 2 is 2.08 bits per heavy atom. The third-order valence-corrected chi connectivity index (χ3v) is 7.18. The number of fused-ring (bicyclic) bond motifs is 4. The first-order valence-corrected chi connectivity index (χ1v) is 10.3. The van der Waals surface area contributed by atoms with Crippen molar-refractivity contribution in [3.8, 4) is 5.75 Å². The van der Waals surface area contributed by atoms with Crippen LogP contribution in [0.5, 0.6) is 5.75 Å². The van der Waals surface area contributed by atoms with Gasteiger partial charge >= 0.3 is 0 Å². The second kappa shape index (κ2) is 6.00. The highest BCUT2D eigenvalue weighted by molar-refractivity contribution is 5.87. The van der Waals surface area contributed by atoms with Crippen molar-refractivity contribution in [3.63, 3.8) is 0 Å². The Hall–Kier alpha value is -1.52. The topological polar surface area (TPSA) is 31.6 Å². The van der Waals surface area contributed by atoms with E-state index in [1.807, 2.05) is 12.1 Å². The quantitative estimate of drug-likeness (QED) is 0.914. The Morgan fingerprint density at radius 3 is 2.85 bits per heavy atom. The molecule has 4 nitrogen and oxygen atoms in total. The summed E-state index contributed by atoms with van der Waals surface area (Å²) in [6.45, 7) is 5.78. The summed E-state index contributed by atoms with van der Waals surface area (Å²) in [5, 5.41) is 11.4. The number of nitrogens with zero attached hydrogens (tertiary/aromatic N) is 3.